The number of aromatic nitrogens is 1. The number of nitro benzene ring substituents is 1. The van der Waals surface area contributed by atoms with Gasteiger partial charge >= 0.3 is 5.69 Å². The molecule has 1 aromatic carbocycles. The summed E-state index contributed by atoms with van der Waals surface area (Å²) in [7, 11) is 0. The van der Waals surface area contributed by atoms with E-state index in [0.29, 0.717) is 5.56 Å². The maximum absolute atomic E-state index is 10.9. The largest absolute Gasteiger partial charge is 0.430 e. The van der Waals surface area contributed by atoms with E-state index in [4.69, 9.17) is 21.6 Å². The Kier molecular flexibility index (Phi) is 3.82. The van der Waals surface area contributed by atoms with Crippen molar-refractivity contribution in [1.82, 2.24) is 4.98 Å². The van der Waals surface area contributed by atoms with Crippen LogP contribution in [0.2, 0.25) is 5.02 Å². The highest BCUT2D eigenvalue weighted by atomic mass is 35.5. The molecular formula is C13H8ClN3O3. The minimum Gasteiger partial charge on any atom is -0.430 e. The third-order valence-corrected chi connectivity index (χ3v) is 2.80. The number of rotatable bonds is 3. The van der Waals surface area contributed by atoms with Gasteiger partial charge in [-0.3, -0.25) is 10.1 Å². The van der Waals surface area contributed by atoms with Gasteiger partial charge < -0.3 is 4.74 Å². The van der Waals surface area contributed by atoms with E-state index in [1.165, 1.54) is 24.4 Å². The average molecular weight is 290 g/mol. The topological polar surface area (TPSA) is 89.1 Å². The number of hydrogen-bond donors (Lipinski definition) is 0. The number of aryl methyl sites for hydroxylation is 1. The highest BCUT2D eigenvalue weighted by Crippen LogP contribution is 2.34. The molecule has 0 bridgehead atoms. The van der Waals surface area contributed by atoms with E-state index in [2.05, 4.69) is 4.98 Å². The monoisotopic (exact) mass is 289 g/mol. The molecule has 0 fully saturated rings. The van der Waals surface area contributed by atoms with Gasteiger partial charge in [0.15, 0.2) is 0 Å². The standard InChI is InChI=1S/C13H8ClN3O3/c1-8-4-5-16-13(10(8)7-15)20-12-6-9(14)2-3-11(12)17(18)19/h2-6H,1H3. The molecule has 0 N–H and O–H groups in total. The second-order valence-corrected chi connectivity index (χ2v) is 4.33. The van der Waals surface area contributed by atoms with Crippen molar-refractivity contribution in [3.8, 4) is 17.7 Å². The lowest BCUT2D eigenvalue weighted by Gasteiger charge is -2.08. The summed E-state index contributed by atoms with van der Waals surface area (Å²) in [5.74, 6) is -0.0463. The van der Waals surface area contributed by atoms with Crippen molar-refractivity contribution in [1.29, 1.82) is 5.26 Å². The molecule has 0 aliphatic heterocycles. The maximum Gasteiger partial charge on any atom is 0.311 e. The van der Waals surface area contributed by atoms with Crippen LogP contribution in [0.1, 0.15) is 11.1 Å². The molecule has 0 atom stereocenters. The fraction of sp³-hybridized carbons (Fsp3) is 0.0769. The van der Waals surface area contributed by atoms with Gasteiger partial charge in [-0.05, 0) is 24.6 Å². The number of benzene rings is 1. The summed E-state index contributed by atoms with van der Waals surface area (Å²) in [6.07, 6.45) is 1.46. The zero-order chi connectivity index (χ0) is 14.7. The number of nitrogens with zero attached hydrogens (tertiary/aromatic N) is 3. The zero-order valence-electron chi connectivity index (χ0n) is 10.3. The van der Waals surface area contributed by atoms with E-state index in [1.54, 1.807) is 13.0 Å². The van der Waals surface area contributed by atoms with Crippen LogP contribution >= 0.6 is 11.6 Å². The van der Waals surface area contributed by atoms with Crippen LogP contribution in [0.25, 0.3) is 0 Å². The fourth-order valence-corrected chi connectivity index (χ4v) is 1.73. The lowest BCUT2D eigenvalue weighted by molar-refractivity contribution is -0.385. The lowest BCUT2D eigenvalue weighted by atomic mass is 10.2. The number of nitriles is 1. The van der Waals surface area contributed by atoms with Crippen LogP contribution in [0.5, 0.6) is 11.6 Å². The van der Waals surface area contributed by atoms with Gasteiger partial charge in [0.05, 0.1) is 4.92 Å². The first kappa shape index (κ1) is 13.8. The van der Waals surface area contributed by atoms with Gasteiger partial charge in [-0.2, -0.15) is 5.26 Å². The predicted molar refractivity (Wildman–Crippen MR) is 71.9 cm³/mol. The van der Waals surface area contributed by atoms with Crippen molar-refractivity contribution >= 4 is 17.3 Å². The van der Waals surface area contributed by atoms with Crippen molar-refractivity contribution in [2.24, 2.45) is 0 Å². The van der Waals surface area contributed by atoms with E-state index in [0.717, 1.165) is 0 Å². The van der Waals surface area contributed by atoms with Crippen LogP contribution in [0, 0.1) is 28.4 Å². The molecule has 1 aromatic heterocycles. The number of nitro groups is 1. The van der Waals surface area contributed by atoms with E-state index < -0.39 is 4.92 Å². The molecule has 2 aromatic rings. The van der Waals surface area contributed by atoms with Crippen molar-refractivity contribution in [2.75, 3.05) is 0 Å². The SMILES string of the molecule is Cc1ccnc(Oc2cc(Cl)ccc2[N+](=O)[O-])c1C#N. The number of ether oxygens (including phenoxy) is 1. The Labute approximate surface area is 119 Å². The van der Waals surface area contributed by atoms with Gasteiger partial charge in [-0.25, -0.2) is 4.98 Å². The predicted octanol–water partition coefficient (Wildman–Crippen LogP) is 3.62. The molecule has 0 saturated heterocycles. The first-order chi connectivity index (χ1) is 9.52. The van der Waals surface area contributed by atoms with Gasteiger partial charge in [-0.1, -0.05) is 11.6 Å². The Morgan fingerprint density at radius 1 is 1.45 bits per heavy atom. The van der Waals surface area contributed by atoms with E-state index in [-0.39, 0.29) is 27.9 Å². The van der Waals surface area contributed by atoms with Crippen molar-refractivity contribution in [2.45, 2.75) is 6.92 Å². The summed E-state index contributed by atoms with van der Waals surface area (Å²) >= 11 is 5.80. The Morgan fingerprint density at radius 2 is 2.20 bits per heavy atom. The molecule has 0 radical (unpaired) electrons. The minimum absolute atomic E-state index is 0.0119. The van der Waals surface area contributed by atoms with Crippen LogP contribution in [-0.2, 0) is 0 Å². The smallest absolute Gasteiger partial charge is 0.311 e. The van der Waals surface area contributed by atoms with Crippen molar-refractivity contribution in [3.63, 3.8) is 0 Å². The molecule has 0 aliphatic rings. The summed E-state index contributed by atoms with van der Waals surface area (Å²) in [5.41, 5.74) is 0.644. The van der Waals surface area contributed by atoms with Gasteiger partial charge in [0.25, 0.3) is 0 Å². The van der Waals surface area contributed by atoms with Gasteiger partial charge in [0, 0.05) is 23.4 Å². The molecule has 0 unspecified atom stereocenters. The Morgan fingerprint density at radius 3 is 2.85 bits per heavy atom. The Balaban J connectivity index is 2.51. The maximum atomic E-state index is 10.9. The van der Waals surface area contributed by atoms with Gasteiger partial charge in [-0.15, -0.1) is 0 Å². The molecule has 20 heavy (non-hydrogen) atoms. The summed E-state index contributed by atoms with van der Waals surface area (Å²) in [4.78, 5) is 14.3. The highest BCUT2D eigenvalue weighted by Gasteiger charge is 2.18. The summed E-state index contributed by atoms with van der Waals surface area (Å²) in [6, 6.07) is 7.54. The molecular weight excluding hydrogens is 282 g/mol. The molecule has 100 valence electrons. The zero-order valence-corrected chi connectivity index (χ0v) is 11.1. The lowest BCUT2D eigenvalue weighted by Crippen LogP contribution is -1.97. The van der Waals surface area contributed by atoms with Crippen LogP contribution in [-0.4, -0.2) is 9.91 Å². The Bertz CT molecular complexity index is 725. The summed E-state index contributed by atoms with van der Waals surface area (Å²) in [6.45, 7) is 1.72. The van der Waals surface area contributed by atoms with E-state index >= 15 is 0 Å². The van der Waals surface area contributed by atoms with Gasteiger partial charge in [0.1, 0.15) is 11.6 Å². The molecule has 0 spiro atoms. The van der Waals surface area contributed by atoms with Crippen molar-refractivity contribution in [3.05, 3.63) is 56.7 Å². The normalized spacial score (nSPS) is 9.85. The first-order valence-corrected chi connectivity index (χ1v) is 5.88. The van der Waals surface area contributed by atoms with Crippen LogP contribution in [0.15, 0.2) is 30.5 Å². The second kappa shape index (κ2) is 5.55. The molecule has 2 rings (SSSR count). The molecule has 0 aliphatic carbocycles. The summed E-state index contributed by atoms with van der Waals surface area (Å²) in [5, 5.41) is 20.3. The third-order valence-electron chi connectivity index (χ3n) is 2.56. The second-order valence-electron chi connectivity index (χ2n) is 3.89. The van der Waals surface area contributed by atoms with E-state index in [9.17, 15) is 10.1 Å². The van der Waals surface area contributed by atoms with Crippen molar-refractivity contribution < 1.29 is 9.66 Å². The van der Waals surface area contributed by atoms with Crippen LogP contribution < -0.4 is 4.74 Å². The molecule has 0 saturated carbocycles. The fourth-order valence-electron chi connectivity index (χ4n) is 1.57. The highest BCUT2D eigenvalue weighted by molar-refractivity contribution is 6.30. The summed E-state index contributed by atoms with van der Waals surface area (Å²) < 4.78 is 5.39. The molecule has 7 heteroatoms. The molecule has 1 heterocycles. The van der Waals surface area contributed by atoms with Gasteiger partial charge in [0.2, 0.25) is 11.6 Å². The quantitative estimate of drug-likeness (QED) is 0.636. The first-order valence-electron chi connectivity index (χ1n) is 5.50. The molecule has 6 nitrogen and oxygen atoms in total. The van der Waals surface area contributed by atoms with Crippen LogP contribution in [0.4, 0.5) is 5.69 Å². The average Bonchev–Trinajstić information content (AvgIpc) is 2.38. The Hall–Kier alpha value is -2.65. The van der Waals surface area contributed by atoms with Crippen LogP contribution in [0.3, 0.4) is 0 Å². The number of halogens is 1. The number of hydrogen-bond acceptors (Lipinski definition) is 5. The molecule has 0 amide bonds. The number of pyridine rings is 1. The third kappa shape index (κ3) is 2.68. The van der Waals surface area contributed by atoms with E-state index in [1.807, 2.05) is 6.07 Å². The minimum atomic E-state index is -0.590.